The third-order valence-corrected chi connectivity index (χ3v) is 3.61. The van der Waals surface area contributed by atoms with E-state index in [1.807, 2.05) is 24.3 Å². The van der Waals surface area contributed by atoms with E-state index in [1.54, 1.807) is 25.3 Å². The van der Waals surface area contributed by atoms with Crippen molar-refractivity contribution in [2.75, 3.05) is 17.7 Å². The van der Waals surface area contributed by atoms with Crippen molar-refractivity contribution in [3.05, 3.63) is 71.7 Å². The lowest BCUT2D eigenvalue weighted by molar-refractivity contribution is 0.410. The van der Waals surface area contributed by atoms with Crippen molar-refractivity contribution in [3.63, 3.8) is 0 Å². The van der Waals surface area contributed by atoms with Crippen molar-refractivity contribution >= 4 is 11.8 Å². The first-order valence-corrected chi connectivity index (χ1v) is 7.79. The number of hydrogen-bond acceptors (Lipinski definition) is 6. The highest BCUT2D eigenvalue weighted by atomic mass is 19.1. The number of para-hydroxylation sites is 1. The molecule has 1 aromatic heterocycles. The minimum atomic E-state index is -0.258. The molecule has 0 aliphatic heterocycles. The summed E-state index contributed by atoms with van der Waals surface area (Å²) < 4.78 is 19.0. The fourth-order valence-corrected chi connectivity index (χ4v) is 2.31. The summed E-state index contributed by atoms with van der Waals surface area (Å²) in [6.45, 7) is 0.819. The van der Waals surface area contributed by atoms with Gasteiger partial charge in [0.25, 0.3) is 0 Å². The van der Waals surface area contributed by atoms with Crippen LogP contribution in [0.1, 0.15) is 11.1 Å². The molecule has 3 rings (SSSR count). The SMILES string of the molecule is COc1ccccc1CNc1nncc(NCc2ccccc2F)n1. The summed E-state index contributed by atoms with van der Waals surface area (Å²) in [7, 11) is 1.63. The second-order valence-electron chi connectivity index (χ2n) is 5.28. The Kier molecular flexibility index (Phi) is 5.36. The van der Waals surface area contributed by atoms with Gasteiger partial charge in [-0.25, -0.2) is 4.39 Å². The maximum atomic E-state index is 13.6. The molecule has 3 aromatic rings. The van der Waals surface area contributed by atoms with Gasteiger partial charge in [0.15, 0.2) is 5.82 Å². The van der Waals surface area contributed by atoms with Crippen molar-refractivity contribution in [1.82, 2.24) is 15.2 Å². The number of aromatic nitrogens is 3. The average molecular weight is 339 g/mol. The normalized spacial score (nSPS) is 10.3. The fraction of sp³-hybridized carbons (Fsp3) is 0.167. The Morgan fingerprint density at radius 2 is 1.68 bits per heavy atom. The molecular formula is C18H18FN5O. The Morgan fingerprint density at radius 1 is 0.960 bits per heavy atom. The van der Waals surface area contributed by atoms with Crippen LogP contribution in [0.3, 0.4) is 0 Å². The molecule has 2 N–H and O–H groups in total. The van der Waals surface area contributed by atoms with Crippen LogP contribution in [0.25, 0.3) is 0 Å². The molecule has 0 radical (unpaired) electrons. The molecule has 0 aliphatic carbocycles. The van der Waals surface area contributed by atoms with E-state index in [0.717, 1.165) is 11.3 Å². The highest BCUT2D eigenvalue weighted by Crippen LogP contribution is 2.18. The molecule has 0 unspecified atom stereocenters. The van der Waals surface area contributed by atoms with Crippen LogP contribution in [-0.4, -0.2) is 22.3 Å². The zero-order valence-corrected chi connectivity index (χ0v) is 13.7. The first-order chi connectivity index (χ1) is 12.3. The standard InChI is InChI=1S/C18H18FN5O/c1-25-16-9-5-3-7-14(16)11-21-18-23-17(12-22-24-18)20-10-13-6-2-4-8-15(13)19/h2-9,12H,10-11H2,1H3,(H2,20,21,23,24). The third-order valence-electron chi connectivity index (χ3n) is 3.61. The zero-order chi connectivity index (χ0) is 17.5. The van der Waals surface area contributed by atoms with Crippen LogP contribution < -0.4 is 15.4 Å². The van der Waals surface area contributed by atoms with Gasteiger partial charge in [-0.05, 0) is 12.1 Å². The molecule has 128 valence electrons. The molecular weight excluding hydrogens is 321 g/mol. The van der Waals surface area contributed by atoms with Crippen LogP contribution in [0, 0.1) is 5.82 Å². The van der Waals surface area contributed by atoms with E-state index in [1.165, 1.54) is 12.3 Å². The predicted octanol–water partition coefficient (Wildman–Crippen LogP) is 3.24. The Labute approximate surface area is 145 Å². The Balaban J connectivity index is 1.62. The molecule has 1 heterocycles. The van der Waals surface area contributed by atoms with E-state index in [2.05, 4.69) is 25.8 Å². The van der Waals surface area contributed by atoms with Crippen molar-refractivity contribution < 1.29 is 9.13 Å². The second kappa shape index (κ2) is 8.05. The summed E-state index contributed by atoms with van der Waals surface area (Å²) in [5, 5.41) is 14.0. The topological polar surface area (TPSA) is 72.0 Å². The molecule has 0 atom stereocenters. The molecule has 0 bridgehead atoms. The predicted molar refractivity (Wildman–Crippen MR) is 93.9 cm³/mol. The van der Waals surface area contributed by atoms with E-state index >= 15 is 0 Å². The number of hydrogen-bond donors (Lipinski definition) is 2. The van der Waals surface area contributed by atoms with Gasteiger partial charge in [0, 0.05) is 24.2 Å². The van der Waals surface area contributed by atoms with Gasteiger partial charge in [-0.15, -0.1) is 5.10 Å². The lowest BCUT2D eigenvalue weighted by atomic mass is 10.2. The maximum absolute atomic E-state index is 13.6. The summed E-state index contributed by atoms with van der Waals surface area (Å²) in [5.74, 6) is 1.42. The fourth-order valence-electron chi connectivity index (χ4n) is 2.31. The average Bonchev–Trinajstić information content (AvgIpc) is 2.66. The monoisotopic (exact) mass is 339 g/mol. The van der Waals surface area contributed by atoms with E-state index < -0.39 is 0 Å². The second-order valence-corrected chi connectivity index (χ2v) is 5.28. The smallest absolute Gasteiger partial charge is 0.244 e. The van der Waals surface area contributed by atoms with Crippen LogP contribution in [0.5, 0.6) is 5.75 Å². The minimum absolute atomic E-state index is 0.258. The Bertz CT molecular complexity index is 843. The Morgan fingerprint density at radius 3 is 2.48 bits per heavy atom. The number of halogens is 1. The number of benzene rings is 2. The molecule has 0 amide bonds. The van der Waals surface area contributed by atoms with Crippen LogP contribution >= 0.6 is 0 Å². The van der Waals surface area contributed by atoms with E-state index in [0.29, 0.717) is 30.4 Å². The molecule has 6 nitrogen and oxygen atoms in total. The molecule has 0 fully saturated rings. The minimum Gasteiger partial charge on any atom is -0.496 e. The van der Waals surface area contributed by atoms with Crippen molar-refractivity contribution in [3.8, 4) is 5.75 Å². The van der Waals surface area contributed by atoms with Gasteiger partial charge in [-0.1, -0.05) is 36.4 Å². The number of nitrogens with one attached hydrogen (secondary N) is 2. The van der Waals surface area contributed by atoms with Crippen LogP contribution in [0.4, 0.5) is 16.2 Å². The van der Waals surface area contributed by atoms with Gasteiger partial charge < -0.3 is 15.4 Å². The quantitative estimate of drug-likeness (QED) is 0.688. The van der Waals surface area contributed by atoms with Gasteiger partial charge in [0.2, 0.25) is 5.95 Å². The highest BCUT2D eigenvalue weighted by molar-refractivity contribution is 5.40. The van der Waals surface area contributed by atoms with Crippen LogP contribution in [0.15, 0.2) is 54.7 Å². The lowest BCUT2D eigenvalue weighted by Gasteiger charge is -2.10. The number of ether oxygens (including phenoxy) is 1. The molecule has 0 spiro atoms. The number of anilines is 2. The van der Waals surface area contributed by atoms with E-state index in [4.69, 9.17) is 4.74 Å². The summed E-state index contributed by atoms with van der Waals surface area (Å²) in [6.07, 6.45) is 1.50. The first-order valence-electron chi connectivity index (χ1n) is 7.79. The number of methoxy groups -OCH3 is 1. The van der Waals surface area contributed by atoms with Gasteiger partial charge in [-0.3, -0.25) is 0 Å². The molecule has 0 saturated carbocycles. The van der Waals surface area contributed by atoms with Crippen molar-refractivity contribution in [1.29, 1.82) is 0 Å². The van der Waals surface area contributed by atoms with Gasteiger partial charge in [0.05, 0.1) is 13.3 Å². The maximum Gasteiger partial charge on any atom is 0.244 e. The molecule has 0 aliphatic rings. The summed E-state index contributed by atoms with van der Waals surface area (Å²) in [6, 6.07) is 14.3. The van der Waals surface area contributed by atoms with E-state index in [-0.39, 0.29) is 5.82 Å². The Hall–Kier alpha value is -3.22. The summed E-state index contributed by atoms with van der Waals surface area (Å²) in [5.41, 5.74) is 1.54. The van der Waals surface area contributed by atoms with Crippen molar-refractivity contribution in [2.24, 2.45) is 0 Å². The van der Waals surface area contributed by atoms with Gasteiger partial charge in [0.1, 0.15) is 11.6 Å². The lowest BCUT2D eigenvalue weighted by Crippen LogP contribution is -2.09. The molecule has 25 heavy (non-hydrogen) atoms. The van der Waals surface area contributed by atoms with Gasteiger partial charge in [-0.2, -0.15) is 10.1 Å². The molecule has 2 aromatic carbocycles. The van der Waals surface area contributed by atoms with Crippen LogP contribution in [-0.2, 0) is 13.1 Å². The molecule has 0 saturated heterocycles. The summed E-state index contributed by atoms with van der Waals surface area (Å²) in [4.78, 5) is 4.33. The third kappa shape index (κ3) is 4.41. The first kappa shape index (κ1) is 16.6. The van der Waals surface area contributed by atoms with Crippen LogP contribution in [0.2, 0.25) is 0 Å². The summed E-state index contributed by atoms with van der Waals surface area (Å²) >= 11 is 0. The van der Waals surface area contributed by atoms with Crippen molar-refractivity contribution in [2.45, 2.75) is 13.1 Å². The number of nitrogens with zero attached hydrogens (tertiary/aromatic N) is 3. The number of rotatable bonds is 7. The van der Waals surface area contributed by atoms with E-state index in [9.17, 15) is 4.39 Å². The molecule has 7 heteroatoms. The van der Waals surface area contributed by atoms with Gasteiger partial charge >= 0.3 is 0 Å². The largest absolute Gasteiger partial charge is 0.496 e. The highest BCUT2D eigenvalue weighted by Gasteiger charge is 2.05. The zero-order valence-electron chi connectivity index (χ0n) is 13.7.